The predicted molar refractivity (Wildman–Crippen MR) is 152 cm³/mol. The summed E-state index contributed by atoms with van der Waals surface area (Å²) < 4.78 is 5.47. The fraction of sp³-hybridized carbons (Fsp3) is 0.483. The van der Waals surface area contributed by atoms with Crippen LogP contribution < -0.4 is 11.1 Å². The molecule has 2 heterocycles. The molecule has 1 aromatic carbocycles. The van der Waals surface area contributed by atoms with Crippen LogP contribution in [0.25, 0.3) is 0 Å². The second kappa shape index (κ2) is 13.9. The third-order valence-corrected chi connectivity index (χ3v) is 6.38. The average molecular weight is 568 g/mol. The van der Waals surface area contributed by atoms with Gasteiger partial charge in [-0.05, 0) is 38.7 Å². The number of benzene rings is 1. The van der Waals surface area contributed by atoms with Gasteiger partial charge in [-0.3, -0.25) is 9.59 Å². The van der Waals surface area contributed by atoms with Crippen LogP contribution in [0.1, 0.15) is 64.2 Å². The molecule has 0 aliphatic rings. The normalized spacial score (nSPS) is 14.6. The van der Waals surface area contributed by atoms with E-state index in [4.69, 9.17) is 10.5 Å². The van der Waals surface area contributed by atoms with Crippen molar-refractivity contribution in [2.75, 3.05) is 0 Å². The van der Waals surface area contributed by atoms with E-state index in [0.717, 1.165) is 5.56 Å². The number of amides is 3. The molecule has 0 radical (unpaired) electrons. The fourth-order valence-electron chi connectivity index (χ4n) is 4.66. The van der Waals surface area contributed by atoms with Gasteiger partial charge in [0.15, 0.2) is 0 Å². The fourth-order valence-corrected chi connectivity index (χ4v) is 4.66. The predicted octanol–water partition coefficient (Wildman–Crippen LogP) is 2.64. The van der Waals surface area contributed by atoms with Crippen molar-refractivity contribution in [3.8, 4) is 0 Å². The number of aliphatic hydroxyl groups excluding tert-OH is 1. The molecule has 0 aliphatic carbocycles. The highest BCUT2D eigenvalue weighted by atomic mass is 16.6. The molecule has 4 atom stereocenters. The Hall–Kier alpha value is -4.19. The molecule has 2 aromatic heterocycles. The number of nitrogens with one attached hydrogen (secondary N) is 3. The van der Waals surface area contributed by atoms with Crippen molar-refractivity contribution in [1.29, 1.82) is 0 Å². The molecule has 0 aliphatic heterocycles. The van der Waals surface area contributed by atoms with E-state index in [2.05, 4.69) is 25.3 Å². The number of hydrogen-bond acceptors (Lipinski definition) is 7. The monoisotopic (exact) mass is 567 g/mol. The summed E-state index contributed by atoms with van der Waals surface area (Å²) in [5, 5.41) is 14.2. The SMILES string of the molecule is CC(C)C[C@@H]([C@@H](O)c1ncc[nH]1)N(C(=O)[C@H](Cc1ccccc1)NC(=O)OC(C)(C)C)[C@@H](Cc1c[nH]cn1)C(N)=O. The summed E-state index contributed by atoms with van der Waals surface area (Å²) in [6.45, 7) is 9.05. The lowest BCUT2D eigenvalue weighted by Gasteiger charge is -2.41. The molecule has 6 N–H and O–H groups in total. The van der Waals surface area contributed by atoms with E-state index in [9.17, 15) is 19.5 Å². The molecule has 0 saturated carbocycles. The molecule has 12 nitrogen and oxygen atoms in total. The van der Waals surface area contributed by atoms with E-state index < -0.39 is 47.7 Å². The van der Waals surface area contributed by atoms with E-state index in [1.54, 1.807) is 33.2 Å². The van der Waals surface area contributed by atoms with Crippen molar-refractivity contribution in [2.24, 2.45) is 11.7 Å². The minimum Gasteiger partial charge on any atom is -0.444 e. The number of ether oxygens (including phenoxy) is 1. The number of hydrogen-bond donors (Lipinski definition) is 5. The quantitative estimate of drug-likeness (QED) is 0.211. The van der Waals surface area contributed by atoms with Gasteiger partial charge in [0.25, 0.3) is 0 Å². The van der Waals surface area contributed by atoms with Gasteiger partial charge in [-0.25, -0.2) is 14.8 Å². The minimum absolute atomic E-state index is 0.00482. The Labute approximate surface area is 240 Å². The lowest BCUT2D eigenvalue weighted by molar-refractivity contribution is -0.148. The Bertz CT molecular complexity index is 1240. The Balaban J connectivity index is 2.12. The number of aromatic amines is 2. The number of imidazole rings is 2. The number of carbonyl (C=O) groups excluding carboxylic acids is 3. The first-order valence-corrected chi connectivity index (χ1v) is 13.7. The first-order chi connectivity index (χ1) is 19.4. The lowest BCUT2D eigenvalue weighted by atomic mass is 9.92. The molecular formula is C29H41N7O5. The smallest absolute Gasteiger partial charge is 0.408 e. The van der Waals surface area contributed by atoms with Crippen molar-refractivity contribution >= 4 is 17.9 Å². The largest absolute Gasteiger partial charge is 0.444 e. The molecule has 0 spiro atoms. The number of primary amides is 1. The topological polar surface area (TPSA) is 179 Å². The van der Waals surface area contributed by atoms with Crippen molar-refractivity contribution in [3.05, 3.63) is 72.3 Å². The van der Waals surface area contributed by atoms with Gasteiger partial charge in [-0.1, -0.05) is 44.2 Å². The Kier molecular flexibility index (Phi) is 10.6. The van der Waals surface area contributed by atoms with E-state index in [1.807, 2.05) is 44.2 Å². The zero-order chi connectivity index (χ0) is 30.2. The molecule has 3 amide bonds. The van der Waals surface area contributed by atoms with Gasteiger partial charge in [0.2, 0.25) is 11.8 Å². The van der Waals surface area contributed by atoms with Gasteiger partial charge in [0.05, 0.1) is 18.1 Å². The molecule has 3 rings (SSSR count). The van der Waals surface area contributed by atoms with Gasteiger partial charge in [0.1, 0.15) is 29.6 Å². The summed E-state index contributed by atoms with van der Waals surface area (Å²) in [5.74, 6) is -1.14. The van der Waals surface area contributed by atoms with Gasteiger partial charge in [-0.2, -0.15) is 0 Å². The maximum absolute atomic E-state index is 14.6. The standard InChI is InChI=1S/C29H41N7O5/c1-18(2)13-22(24(37)26-32-11-12-33-26)36(23(25(30)38)15-20-16-31-17-34-20)27(39)21(14-19-9-7-6-8-10-19)35-28(40)41-29(3,4)5/h6-12,16-18,21-24,37H,13-15H2,1-5H3,(H2,30,38)(H,31,34)(H,32,33)(H,35,40)/t21-,22-,23-,24+/m0/s1. The number of nitrogens with two attached hydrogens (primary N) is 1. The second-order valence-corrected chi connectivity index (χ2v) is 11.4. The number of alkyl carbamates (subject to hydrolysis) is 1. The van der Waals surface area contributed by atoms with Crippen LogP contribution in [0.5, 0.6) is 0 Å². The number of rotatable bonds is 13. The van der Waals surface area contributed by atoms with Crippen LogP contribution in [0.2, 0.25) is 0 Å². The van der Waals surface area contributed by atoms with Crippen molar-refractivity contribution in [1.82, 2.24) is 30.2 Å². The van der Waals surface area contributed by atoms with Crippen LogP contribution in [0, 0.1) is 5.92 Å². The van der Waals surface area contributed by atoms with Crippen molar-refractivity contribution in [2.45, 2.75) is 83.7 Å². The minimum atomic E-state index is -1.28. The summed E-state index contributed by atoms with van der Waals surface area (Å²) in [4.78, 5) is 56.0. The van der Waals surface area contributed by atoms with E-state index in [0.29, 0.717) is 12.1 Å². The van der Waals surface area contributed by atoms with Crippen LogP contribution >= 0.6 is 0 Å². The molecule has 12 heteroatoms. The Morgan fingerprint density at radius 2 is 1.83 bits per heavy atom. The van der Waals surface area contributed by atoms with Gasteiger partial charge in [0, 0.05) is 31.4 Å². The molecule has 41 heavy (non-hydrogen) atoms. The molecular weight excluding hydrogens is 526 g/mol. The summed E-state index contributed by atoms with van der Waals surface area (Å²) >= 11 is 0. The summed E-state index contributed by atoms with van der Waals surface area (Å²) in [6.07, 6.45) is 4.47. The molecule has 0 unspecified atom stereocenters. The third-order valence-electron chi connectivity index (χ3n) is 6.38. The van der Waals surface area contributed by atoms with Crippen LogP contribution in [0.15, 0.2) is 55.2 Å². The van der Waals surface area contributed by atoms with Gasteiger partial charge < -0.3 is 35.8 Å². The zero-order valence-electron chi connectivity index (χ0n) is 24.2. The molecule has 0 fully saturated rings. The van der Waals surface area contributed by atoms with Gasteiger partial charge in [-0.15, -0.1) is 0 Å². The Morgan fingerprint density at radius 3 is 2.37 bits per heavy atom. The van der Waals surface area contributed by atoms with Gasteiger partial charge >= 0.3 is 6.09 Å². The van der Waals surface area contributed by atoms with Crippen molar-refractivity contribution in [3.63, 3.8) is 0 Å². The second-order valence-electron chi connectivity index (χ2n) is 11.4. The van der Waals surface area contributed by atoms with E-state index in [-0.39, 0.29) is 24.6 Å². The number of aromatic nitrogens is 4. The summed E-state index contributed by atoms with van der Waals surface area (Å²) in [6, 6.07) is 5.90. The molecule has 222 valence electrons. The summed E-state index contributed by atoms with van der Waals surface area (Å²) in [7, 11) is 0. The highest BCUT2D eigenvalue weighted by Crippen LogP contribution is 2.28. The maximum Gasteiger partial charge on any atom is 0.408 e. The molecule has 3 aromatic rings. The van der Waals surface area contributed by atoms with Crippen molar-refractivity contribution < 1.29 is 24.2 Å². The van der Waals surface area contributed by atoms with E-state index in [1.165, 1.54) is 17.4 Å². The van der Waals surface area contributed by atoms with E-state index >= 15 is 0 Å². The maximum atomic E-state index is 14.6. The Morgan fingerprint density at radius 1 is 1.12 bits per heavy atom. The molecule has 0 bridgehead atoms. The number of aliphatic hydroxyl groups is 1. The first-order valence-electron chi connectivity index (χ1n) is 13.7. The summed E-state index contributed by atoms with van der Waals surface area (Å²) in [5.41, 5.74) is 6.40. The number of carbonyl (C=O) groups is 3. The number of H-pyrrole nitrogens is 2. The average Bonchev–Trinajstić information content (AvgIpc) is 3.60. The highest BCUT2D eigenvalue weighted by molar-refractivity contribution is 5.91. The van der Waals surface area contributed by atoms with Crippen LogP contribution in [-0.2, 0) is 27.2 Å². The third kappa shape index (κ3) is 9.17. The highest BCUT2D eigenvalue weighted by Gasteiger charge is 2.42. The molecule has 0 saturated heterocycles. The van der Waals surface area contributed by atoms with Crippen LogP contribution in [-0.4, -0.2) is 71.6 Å². The zero-order valence-corrected chi connectivity index (χ0v) is 24.2. The van der Waals surface area contributed by atoms with Crippen LogP contribution in [0.4, 0.5) is 4.79 Å². The first kappa shape index (κ1) is 31.3. The van der Waals surface area contributed by atoms with Crippen LogP contribution in [0.3, 0.4) is 0 Å². The number of nitrogens with zero attached hydrogens (tertiary/aromatic N) is 3. The lowest BCUT2D eigenvalue weighted by Crippen LogP contribution is -2.61.